The van der Waals surface area contributed by atoms with Gasteiger partial charge in [0.1, 0.15) is 5.82 Å². The summed E-state index contributed by atoms with van der Waals surface area (Å²) in [7, 11) is 0. The van der Waals surface area contributed by atoms with Crippen molar-refractivity contribution >= 4 is 34.8 Å². The van der Waals surface area contributed by atoms with Gasteiger partial charge < -0.3 is 27.4 Å². The molecule has 2 aromatic heterocycles. The maximum absolute atomic E-state index is 14.7. The first-order valence-corrected chi connectivity index (χ1v) is 11.0. The van der Waals surface area contributed by atoms with Crippen molar-refractivity contribution in [3.8, 4) is 0 Å². The van der Waals surface area contributed by atoms with Crippen molar-refractivity contribution < 1.29 is 14.0 Å². The van der Waals surface area contributed by atoms with Crippen LogP contribution in [0.1, 0.15) is 46.4 Å². The summed E-state index contributed by atoms with van der Waals surface area (Å²) in [6.07, 6.45) is 6.52. The molecule has 1 fully saturated rings. The number of anilines is 4. The zero-order valence-electron chi connectivity index (χ0n) is 18.4. The summed E-state index contributed by atoms with van der Waals surface area (Å²) < 4.78 is 14.7. The highest BCUT2D eigenvalue weighted by atomic mass is 19.1. The van der Waals surface area contributed by atoms with Crippen LogP contribution in [0, 0.1) is 5.82 Å². The summed E-state index contributed by atoms with van der Waals surface area (Å²) >= 11 is 0. The molecule has 1 aliphatic carbocycles. The standard InChI is InChI=1S/C24H26FN7O2/c25-18-11-17(21(27)33)22(32-23(18)31-20-9-5-4-8-19(20)26)29-16-10-14(12-28-13-16)24(34)30-15-6-2-1-3-7-15/h1-3,6-7,10-13,19-20H,4-5,8-9,26H2,(H2,27,33)(H,30,34)(H2,29,31,32). The maximum atomic E-state index is 14.7. The first-order chi connectivity index (χ1) is 16.4. The van der Waals surface area contributed by atoms with Gasteiger partial charge in [0.25, 0.3) is 11.8 Å². The Morgan fingerprint density at radius 1 is 1.00 bits per heavy atom. The van der Waals surface area contributed by atoms with Crippen LogP contribution in [0.15, 0.2) is 54.9 Å². The Morgan fingerprint density at radius 3 is 2.50 bits per heavy atom. The zero-order valence-corrected chi connectivity index (χ0v) is 18.4. The number of nitrogens with two attached hydrogens (primary N) is 2. The van der Waals surface area contributed by atoms with Crippen LogP contribution < -0.4 is 27.4 Å². The van der Waals surface area contributed by atoms with Gasteiger partial charge in [-0.3, -0.25) is 14.6 Å². The number of nitrogens with zero attached hydrogens (tertiary/aromatic N) is 2. The number of nitrogens with one attached hydrogen (secondary N) is 3. The van der Waals surface area contributed by atoms with Crippen molar-refractivity contribution in [2.24, 2.45) is 11.5 Å². The van der Waals surface area contributed by atoms with Crippen molar-refractivity contribution in [2.45, 2.75) is 37.8 Å². The Hall–Kier alpha value is -4.05. The lowest BCUT2D eigenvalue weighted by molar-refractivity contribution is 0.0997. The second-order valence-electron chi connectivity index (χ2n) is 8.19. The van der Waals surface area contributed by atoms with Crippen molar-refractivity contribution in [1.29, 1.82) is 0 Å². The molecule has 0 radical (unpaired) electrons. The molecule has 2 unspecified atom stereocenters. The molecule has 0 saturated heterocycles. The third-order valence-electron chi connectivity index (χ3n) is 5.68. The largest absolute Gasteiger partial charge is 0.365 e. The van der Waals surface area contributed by atoms with E-state index in [1.165, 1.54) is 12.4 Å². The Balaban J connectivity index is 1.58. The minimum atomic E-state index is -0.847. The Labute approximate surface area is 196 Å². The summed E-state index contributed by atoms with van der Waals surface area (Å²) in [4.78, 5) is 32.9. The SMILES string of the molecule is NC(=O)c1cc(F)c(NC2CCCCC2N)nc1Nc1cncc(C(=O)Nc2ccccc2)c1. The lowest BCUT2D eigenvalue weighted by Gasteiger charge is -2.30. The number of amides is 2. The second kappa shape index (κ2) is 10.3. The molecule has 0 spiro atoms. The van der Waals surface area contributed by atoms with Crippen molar-refractivity contribution in [3.05, 3.63) is 71.8 Å². The predicted molar refractivity (Wildman–Crippen MR) is 128 cm³/mol. The van der Waals surface area contributed by atoms with Gasteiger partial charge in [-0.15, -0.1) is 0 Å². The number of para-hydroxylation sites is 1. The molecule has 1 saturated carbocycles. The van der Waals surface area contributed by atoms with Gasteiger partial charge in [0.05, 0.1) is 23.0 Å². The third kappa shape index (κ3) is 5.46. The van der Waals surface area contributed by atoms with Crippen LogP contribution in [0.4, 0.5) is 27.4 Å². The number of carbonyl (C=O) groups is 2. The molecular weight excluding hydrogens is 437 g/mol. The van der Waals surface area contributed by atoms with Crippen molar-refractivity contribution in [1.82, 2.24) is 9.97 Å². The predicted octanol–water partition coefficient (Wildman–Crippen LogP) is 3.39. The molecule has 9 nitrogen and oxygen atoms in total. The van der Waals surface area contributed by atoms with Crippen LogP contribution in [0.5, 0.6) is 0 Å². The van der Waals surface area contributed by atoms with E-state index in [4.69, 9.17) is 11.5 Å². The Kier molecular flexibility index (Phi) is 6.98. The van der Waals surface area contributed by atoms with Gasteiger partial charge in [0.2, 0.25) is 0 Å². The topological polar surface area (TPSA) is 148 Å². The fraction of sp³-hybridized carbons (Fsp3) is 0.250. The minimum absolute atomic E-state index is 0.0271. The number of aromatic nitrogens is 2. The molecule has 0 aliphatic heterocycles. The van der Waals surface area contributed by atoms with E-state index in [2.05, 4.69) is 25.9 Å². The minimum Gasteiger partial charge on any atom is -0.365 e. The lowest BCUT2D eigenvalue weighted by atomic mass is 9.91. The first-order valence-electron chi connectivity index (χ1n) is 11.0. The highest BCUT2D eigenvalue weighted by Crippen LogP contribution is 2.27. The van der Waals surface area contributed by atoms with Gasteiger partial charge in [-0.1, -0.05) is 31.0 Å². The van der Waals surface area contributed by atoms with E-state index in [0.717, 1.165) is 31.7 Å². The van der Waals surface area contributed by atoms with E-state index >= 15 is 0 Å². The average molecular weight is 464 g/mol. The van der Waals surface area contributed by atoms with Gasteiger partial charge in [-0.2, -0.15) is 0 Å². The molecule has 1 aliphatic rings. The second-order valence-corrected chi connectivity index (χ2v) is 8.19. The molecule has 34 heavy (non-hydrogen) atoms. The summed E-state index contributed by atoms with van der Waals surface area (Å²) in [6, 6.07) is 11.3. The molecule has 2 heterocycles. The van der Waals surface area contributed by atoms with Gasteiger partial charge in [-0.25, -0.2) is 9.37 Å². The quantitative estimate of drug-likeness (QED) is 0.361. The Bertz CT molecular complexity index is 1190. The molecule has 2 atom stereocenters. The fourth-order valence-electron chi connectivity index (χ4n) is 3.88. The highest BCUT2D eigenvalue weighted by Gasteiger charge is 2.24. The normalized spacial score (nSPS) is 17.6. The molecule has 0 bridgehead atoms. The van der Waals surface area contributed by atoms with E-state index in [0.29, 0.717) is 11.4 Å². The third-order valence-corrected chi connectivity index (χ3v) is 5.68. The Morgan fingerprint density at radius 2 is 1.76 bits per heavy atom. The molecule has 10 heteroatoms. The number of hydrogen-bond acceptors (Lipinski definition) is 7. The number of halogens is 1. The monoisotopic (exact) mass is 463 g/mol. The van der Waals surface area contributed by atoms with Gasteiger partial charge >= 0.3 is 0 Å². The number of rotatable bonds is 7. The summed E-state index contributed by atoms with van der Waals surface area (Å²) in [6.45, 7) is 0. The molecular formula is C24H26FN7O2. The number of benzene rings is 1. The van der Waals surface area contributed by atoms with Gasteiger partial charge in [0.15, 0.2) is 11.6 Å². The number of carbonyl (C=O) groups excluding carboxylic acids is 2. The van der Waals surface area contributed by atoms with Crippen molar-refractivity contribution in [2.75, 3.05) is 16.0 Å². The fourth-order valence-corrected chi connectivity index (χ4v) is 3.88. The van der Waals surface area contributed by atoms with Crippen LogP contribution >= 0.6 is 0 Å². The van der Waals surface area contributed by atoms with Crippen LogP contribution in [-0.2, 0) is 0 Å². The number of primary amides is 1. The first kappa shape index (κ1) is 23.1. The molecule has 7 N–H and O–H groups in total. The smallest absolute Gasteiger partial charge is 0.257 e. The molecule has 1 aromatic carbocycles. The summed E-state index contributed by atoms with van der Waals surface area (Å²) in [5.41, 5.74) is 12.8. The van der Waals surface area contributed by atoms with Gasteiger partial charge in [-0.05, 0) is 37.1 Å². The van der Waals surface area contributed by atoms with Crippen LogP contribution in [0.2, 0.25) is 0 Å². The van der Waals surface area contributed by atoms with Crippen LogP contribution in [0.3, 0.4) is 0 Å². The van der Waals surface area contributed by atoms with Crippen LogP contribution in [-0.4, -0.2) is 33.9 Å². The van der Waals surface area contributed by atoms with Crippen molar-refractivity contribution in [3.63, 3.8) is 0 Å². The summed E-state index contributed by atoms with van der Waals surface area (Å²) in [5.74, 6) is -1.89. The lowest BCUT2D eigenvalue weighted by Crippen LogP contribution is -2.43. The maximum Gasteiger partial charge on any atom is 0.257 e. The van der Waals surface area contributed by atoms with E-state index in [1.807, 2.05) is 18.2 Å². The van der Waals surface area contributed by atoms with E-state index in [-0.39, 0.29) is 40.8 Å². The molecule has 3 aromatic rings. The highest BCUT2D eigenvalue weighted by molar-refractivity contribution is 6.04. The summed E-state index contributed by atoms with van der Waals surface area (Å²) in [5, 5.41) is 8.78. The molecule has 4 rings (SSSR count). The zero-order chi connectivity index (χ0) is 24.1. The number of pyridine rings is 2. The van der Waals surface area contributed by atoms with E-state index in [9.17, 15) is 14.0 Å². The molecule has 2 amide bonds. The van der Waals surface area contributed by atoms with Gasteiger partial charge in [0, 0.05) is 24.0 Å². The molecule has 176 valence electrons. The number of hydrogen-bond donors (Lipinski definition) is 5. The van der Waals surface area contributed by atoms with Crippen LogP contribution in [0.25, 0.3) is 0 Å². The average Bonchev–Trinajstić information content (AvgIpc) is 2.83. The van der Waals surface area contributed by atoms with E-state index < -0.39 is 11.7 Å². The van der Waals surface area contributed by atoms with E-state index in [1.54, 1.807) is 18.2 Å².